The van der Waals surface area contributed by atoms with E-state index in [1.54, 1.807) is 0 Å². The van der Waals surface area contributed by atoms with Gasteiger partial charge in [0.15, 0.2) is 8.68 Å². The van der Waals surface area contributed by atoms with Gasteiger partial charge in [-0.15, -0.1) is 0 Å². The zero-order valence-electron chi connectivity index (χ0n) is 9.27. The molecular weight excluding hydrogens is 300 g/mol. The third-order valence-corrected chi connectivity index (χ3v) is 7.17. The smallest absolute Gasteiger partial charge is 0.232 e. The van der Waals surface area contributed by atoms with Crippen molar-refractivity contribution in [3.05, 3.63) is 10.7 Å². The number of thiazole rings is 1. The molecule has 0 amide bonds. The first kappa shape index (κ1) is 13.6. The van der Waals surface area contributed by atoms with Gasteiger partial charge in [-0.3, -0.25) is 0 Å². The van der Waals surface area contributed by atoms with E-state index in [0.717, 1.165) is 29.9 Å². The lowest BCUT2D eigenvalue weighted by Crippen LogP contribution is -2.36. The SMILES string of the molecule is CC1(CNS(=O)(=O)c2cnc(Cl)s2)CCCS1. The molecule has 2 rings (SSSR count). The summed E-state index contributed by atoms with van der Waals surface area (Å²) in [6, 6.07) is 0. The van der Waals surface area contributed by atoms with Gasteiger partial charge in [0, 0.05) is 11.3 Å². The fourth-order valence-corrected chi connectivity index (χ4v) is 5.50. The van der Waals surface area contributed by atoms with Crippen molar-refractivity contribution in [1.82, 2.24) is 9.71 Å². The summed E-state index contributed by atoms with van der Waals surface area (Å²) < 4.78 is 26.9. The number of nitrogens with one attached hydrogen (secondary N) is 1. The summed E-state index contributed by atoms with van der Waals surface area (Å²) in [5, 5.41) is 0. The van der Waals surface area contributed by atoms with E-state index in [-0.39, 0.29) is 13.4 Å². The topological polar surface area (TPSA) is 59.1 Å². The number of halogens is 1. The molecule has 8 heteroatoms. The van der Waals surface area contributed by atoms with E-state index in [1.807, 2.05) is 11.8 Å². The molecule has 4 nitrogen and oxygen atoms in total. The molecule has 1 aliphatic heterocycles. The van der Waals surface area contributed by atoms with Crippen molar-refractivity contribution < 1.29 is 8.42 Å². The van der Waals surface area contributed by atoms with Crippen molar-refractivity contribution >= 4 is 44.7 Å². The van der Waals surface area contributed by atoms with Crippen LogP contribution in [-0.2, 0) is 10.0 Å². The summed E-state index contributed by atoms with van der Waals surface area (Å²) in [7, 11) is -3.46. The summed E-state index contributed by atoms with van der Waals surface area (Å²) in [4.78, 5) is 3.74. The summed E-state index contributed by atoms with van der Waals surface area (Å²) in [6.45, 7) is 2.54. The lowest BCUT2D eigenvalue weighted by Gasteiger charge is -2.22. The molecule has 0 spiro atoms. The molecule has 1 aromatic heterocycles. The standard InChI is InChI=1S/C9H13ClN2O2S3/c1-9(3-2-4-15-9)6-12-17(13,14)7-5-11-8(10)16-7/h5,12H,2-4,6H2,1H3. The van der Waals surface area contributed by atoms with Gasteiger partial charge < -0.3 is 0 Å². The summed E-state index contributed by atoms with van der Waals surface area (Å²) >= 11 is 8.43. The maximum Gasteiger partial charge on any atom is 0.251 e. The zero-order valence-corrected chi connectivity index (χ0v) is 12.5. The second kappa shape index (κ2) is 5.05. The Morgan fingerprint density at radius 2 is 2.41 bits per heavy atom. The molecule has 1 aliphatic rings. The highest BCUT2D eigenvalue weighted by Crippen LogP contribution is 2.37. The fourth-order valence-electron chi connectivity index (χ4n) is 1.66. The average Bonchev–Trinajstić information content (AvgIpc) is 2.86. The number of thioether (sulfide) groups is 1. The molecular formula is C9H13ClN2O2S3. The van der Waals surface area contributed by atoms with Gasteiger partial charge in [0.05, 0.1) is 6.20 Å². The second-order valence-electron chi connectivity index (χ2n) is 4.16. The van der Waals surface area contributed by atoms with Crippen LogP contribution in [0.5, 0.6) is 0 Å². The Morgan fingerprint density at radius 1 is 1.65 bits per heavy atom. The first-order valence-corrected chi connectivity index (χ1v) is 8.83. The van der Waals surface area contributed by atoms with Gasteiger partial charge in [0.2, 0.25) is 0 Å². The monoisotopic (exact) mass is 312 g/mol. The molecule has 1 N–H and O–H groups in total. The molecule has 2 heterocycles. The van der Waals surface area contributed by atoms with Gasteiger partial charge >= 0.3 is 0 Å². The molecule has 1 aromatic rings. The van der Waals surface area contributed by atoms with Crippen LogP contribution in [0, 0.1) is 0 Å². The lowest BCUT2D eigenvalue weighted by atomic mass is 10.1. The summed E-state index contributed by atoms with van der Waals surface area (Å²) in [6.07, 6.45) is 3.48. The van der Waals surface area contributed by atoms with Crippen molar-refractivity contribution in [2.45, 2.75) is 28.7 Å². The number of sulfonamides is 1. The van der Waals surface area contributed by atoms with Crippen molar-refractivity contribution in [3.63, 3.8) is 0 Å². The van der Waals surface area contributed by atoms with Crippen LogP contribution in [0.4, 0.5) is 0 Å². The first-order valence-electron chi connectivity index (χ1n) is 5.16. The van der Waals surface area contributed by atoms with Crippen LogP contribution in [0.25, 0.3) is 0 Å². The van der Waals surface area contributed by atoms with Gasteiger partial charge in [-0.05, 0) is 25.5 Å². The van der Waals surface area contributed by atoms with Crippen LogP contribution >= 0.6 is 34.7 Å². The van der Waals surface area contributed by atoms with E-state index in [9.17, 15) is 8.42 Å². The third-order valence-electron chi connectivity index (χ3n) is 2.66. The molecule has 0 saturated carbocycles. The van der Waals surface area contributed by atoms with Crippen molar-refractivity contribution in [3.8, 4) is 0 Å². The largest absolute Gasteiger partial charge is 0.251 e. The average molecular weight is 313 g/mol. The zero-order chi connectivity index (χ0) is 12.5. The molecule has 1 unspecified atom stereocenters. The number of rotatable bonds is 4. The molecule has 0 aliphatic carbocycles. The Morgan fingerprint density at radius 3 is 2.94 bits per heavy atom. The van der Waals surface area contributed by atoms with E-state index in [1.165, 1.54) is 6.20 Å². The van der Waals surface area contributed by atoms with Crippen LogP contribution in [-0.4, -0.2) is 30.4 Å². The van der Waals surface area contributed by atoms with E-state index >= 15 is 0 Å². The number of aromatic nitrogens is 1. The normalized spacial score (nSPS) is 25.3. The first-order chi connectivity index (χ1) is 7.91. The molecule has 17 heavy (non-hydrogen) atoms. The predicted molar refractivity (Wildman–Crippen MR) is 72.4 cm³/mol. The molecule has 1 atom stereocenters. The number of hydrogen-bond acceptors (Lipinski definition) is 5. The van der Waals surface area contributed by atoms with Crippen LogP contribution in [0.3, 0.4) is 0 Å². The van der Waals surface area contributed by atoms with Crippen molar-refractivity contribution in [1.29, 1.82) is 0 Å². The van der Waals surface area contributed by atoms with Crippen LogP contribution in [0.1, 0.15) is 19.8 Å². The Labute approximate surface area is 114 Å². The van der Waals surface area contributed by atoms with Crippen molar-refractivity contribution in [2.75, 3.05) is 12.3 Å². The second-order valence-corrected chi connectivity index (χ2v) is 9.45. The van der Waals surface area contributed by atoms with Crippen molar-refractivity contribution in [2.24, 2.45) is 0 Å². The molecule has 0 bridgehead atoms. The minimum Gasteiger partial charge on any atom is -0.232 e. The molecule has 96 valence electrons. The number of nitrogens with zero attached hydrogens (tertiary/aromatic N) is 1. The molecule has 1 fully saturated rings. The maximum atomic E-state index is 11.9. The van der Waals surface area contributed by atoms with Crippen LogP contribution in [0.15, 0.2) is 10.4 Å². The van der Waals surface area contributed by atoms with Gasteiger partial charge in [-0.1, -0.05) is 22.9 Å². The highest BCUT2D eigenvalue weighted by Gasteiger charge is 2.31. The van der Waals surface area contributed by atoms with Gasteiger partial charge in [-0.25, -0.2) is 18.1 Å². The maximum absolute atomic E-state index is 11.9. The van der Waals surface area contributed by atoms with Gasteiger partial charge in [0.1, 0.15) is 0 Å². The Balaban J connectivity index is 2.03. The Bertz CT molecular complexity index is 494. The molecule has 1 saturated heterocycles. The Hall–Kier alpha value is 0.180. The fraction of sp³-hybridized carbons (Fsp3) is 0.667. The van der Waals surface area contributed by atoms with E-state index in [4.69, 9.17) is 11.6 Å². The van der Waals surface area contributed by atoms with Crippen LogP contribution < -0.4 is 4.72 Å². The minimum atomic E-state index is -3.46. The van der Waals surface area contributed by atoms with Crippen LogP contribution in [0.2, 0.25) is 4.47 Å². The third kappa shape index (κ3) is 3.35. The quantitative estimate of drug-likeness (QED) is 0.927. The Kier molecular flexibility index (Phi) is 4.04. The van der Waals surface area contributed by atoms with E-state index < -0.39 is 10.0 Å². The predicted octanol–water partition coefficient (Wildman–Crippen LogP) is 2.36. The van der Waals surface area contributed by atoms with E-state index in [2.05, 4.69) is 16.6 Å². The summed E-state index contributed by atoms with van der Waals surface area (Å²) in [5.41, 5.74) is 0. The lowest BCUT2D eigenvalue weighted by molar-refractivity contribution is 0.554. The summed E-state index contributed by atoms with van der Waals surface area (Å²) in [5.74, 6) is 1.10. The highest BCUT2D eigenvalue weighted by molar-refractivity contribution is 8.01. The van der Waals surface area contributed by atoms with E-state index in [0.29, 0.717) is 6.54 Å². The van der Waals surface area contributed by atoms with Gasteiger partial charge in [-0.2, -0.15) is 11.8 Å². The minimum absolute atomic E-state index is 0.0154. The molecule has 0 radical (unpaired) electrons. The molecule has 0 aromatic carbocycles. The van der Waals surface area contributed by atoms with Gasteiger partial charge in [0.25, 0.3) is 10.0 Å². The highest BCUT2D eigenvalue weighted by atomic mass is 35.5. The number of hydrogen-bond donors (Lipinski definition) is 1.